The highest BCUT2D eigenvalue weighted by Crippen LogP contribution is 2.03. The minimum atomic E-state index is -0.173. The summed E-state index contributed by atoms with van der Waals surface area (Å²) in [6.07, 6.45) is 3.38. The molecule has 6 nitrogen and oxygen atoms in total. The summed E-state index contributed by atoms with van der Waals surface area (Å²) < 4.78 is 0. The molecule has 0 spiro atoms. The van der Waals surface area contributed by atoms with E-state index in [-0.39, 0.29) is 18.4 Å². The Labute approximate surface area is 143 Å². The first kappa shape index (κ1) is 18.0. The molecule has 0 atom stereocenters. The van der Waals surface area contributed by atoms with Crippen LogP contribution >= 0.6 is 0 Å². The number of hydrogen-bond acceptors (Lipinski definition) is 3. The zero-order valence-electron chi connectivity index (χ0n) is 14.2. The molecule has 1 aromatic carbocycles. The lowest BCUT2D eigenvalue weighted by molar-refractivity contribution is -0.120. The van der Waals surface area contributed by atoms with Gasteiger partial charge in [0.2, 0.25) is 5.91 Å². The number of benzene rings is 1. The number of carbonyl (C=O) groups excluding carboxylic acids is 2. The summed E-state index contributed by atoms with van der Waals surface area (Å²) in [5.74, 6) is -0.0413. The maximum Gasteiger partial charge on any atom is 0.317 e. The summed E-state index contributed by atoms with van der Waals surface area (Å²) in [6.45, 7) is 3.31. The van der Waals surface area contributed by atoms with Gasteiger partial charge in [0.1, 0.15) is 0 Å². The first-order valence-electron chi connectivity index (χ1n) is 8.33. The van der Waals surface area contributed by atoms with Crippen molar-refractivity contribution in [2.45, 2.75) is 19.4 Å². The second kappa shape index (κ2) is 9.72. The van der Waals surface area contributed by atoms with Crippen LogP contribution in [0.25, 0.3) is 0 Å². The molecule has 0 bridgehead atoms. The van der Waals surface area contributed by atoms with E-state index in [0.717, 1.165) is 25.1 Å². The van der Waals surface area contributed by atoms with Crippen molar-refractivity contribution in [1.82, 2.24) is 20.9 Å². The molecule has 130 valence electrons. The second-order valence-electron chi connectivity index (χ2n) is 5.92. The lowest BCUT2D eigenvalue weighted by Crippen LogP contribution is -2.39. The van der Waals surface area contributed by atoms with Gasteiger partial charge < -0.3 is 20.9 Å². The summed E-state index contributed by atoms with van der Waals surface area (Å²) in [5, 5.41) is 8.90. The van der Waals surface area contributed by atoms with Gasteiger partial charge in [-0.1, -0.05) is 42.0 Å². The number of amides is 3. The molecule has 0 aromatic heterocycles. The van der Waals surface area contributed by atoms with Crippen LogP contribution in [0.5, 0.6) is 0 Å². The number of nitrogens with zero attached hydrogens (tertiary/aromatic N) is 1. The minimum absolute atomic E-state index is 0.0413. The topological polar surface area (TPSA) is 73.5 Å². The van der Waals surface area contributed by atoms with Crippen LogP contribution in [-0.4, -0.2) is 50.1 Å². The fourth-order valence-corrected chi connectivity index (χ4v) is 2.48. The van der Waals surface area contributed by atoms with Crippen molar-refractivity contribution in [3.05, 3.63) is 47.5 Å². The van der Waals surface area contributed by atoms with Crippen molar-refractivity contribution in [2.75, 3.05) is 33.2 Å². The number of nitrogens with one attached hydrogen (secondary N) is 3. The first-order chi connectivity index (χ1) is 11.6. The molecule has 1 aliphatic heterocycles. The van der Waals surface area contributed by atoms with Crippen LogP contribution in [0, 0.1) is 0 Å². The lowest BCUT2D eigenvalue weighted by atomic mass is 10.1. The number of carbonyl (C=O) groups is 2. The smallest absolute Gasteiger partial charge is 0.317 e. The summed E-state index contributed by atoms with van der Waals surface area (Å²) in [4.78, 5) is 25.4. The Balaban J connectivity index is 1.61. The number of hydrogen-bond donors (Lipinski definition) is 3. The molecule has 0 radical (unpaired) electrons. The second-order valence-corrected chi connectivity index (χ2v) is 5.92. The average Bonchev–Trinajstić information content (AvgIpc) is 2.61. The van der Waals surface area contributed by atoms with Gasteiger partial charge in [-0.2, -0.15) is 0 Å². The van der Waals surface area contributed by atoms with E-state index in [4.69, 9.17) is 0 Å². The van der Waals surface area contributed by atoms with Crippen LogP contribution in [0.1, 0.15) is 18.4 Å². The Kier molecular flexibility index (Phi) is 7.29. The maximum absolute atomic E-state index is 12.0. The van der Waals surface area contributed by atoms with Gasteiger partial charge in [-0.05, 0) is 18.5 Å². The van der Waals surface area contributed by atoms with Gasteiger partial charge >= 0.3 is 6.03 Å². The Morgan fingerprint density at radius 3 is 2.71 bits per heavy atom. The molecule has 1 aromatic rings. The van der Waals surface area contributed by atoms with Gasteiger partial charge in [0.05, 0.1) is 0 Å². The van der Waals surface area contributed by atoms with Crippen molar-refractivity contribution in [2.24, 2.45) is 0 Å². The molecule has 6 heteroatoms. The van der Waals surface area contributed by atoms with Crippen molar-refractivity contribution < 1.29 is 9.59 Å². The van der Waals surface area contributed by atoms with Crippen LogP contribution in [0.15, 0.2) is 42.0 Å². The van der Waals surface area contributed by atoms with E-state index in [1.54, 1.807) is 11.9 Å². The molecule has 2 rings (SSSR count). The molecular weight excluding hydrogens is 304 g/mol. The van der Waals surface area contributed by atoms with Gasteiger partial charge in [-0.3, -0.25) is 4.79 Å². The molecule has 0 unspecified atom stereocenters. The summed E-state index contributed by atoms with van der Waals surface area (Å²) in [7, 11) is 1.74. The molecule has 0 aliphatic carbocycles. The van der Waals surface area contributed by atoms with Gasteiger partial charge in [-0.15, -0.1) is 0 Å². The predicted octanol–water partition coefficient (Wildman–Crippen LogP) is 1.25. The average molecular weight is 330 g/mol. The third kappa shape index (κ3) is 6.42. The van der Waals surface area contributed by atoms with Gasteiger partial charge in [0, 0.05) is 39.6 Å². The molecule has 0 saturated carbocycles. The summed E-state index contributed by atoms with van der Waals surface area (Å²) in [5.41, 5.74) is 2.33. The molecule has 24 heavy (non-hydrogen) atoms. The molecule has 1 aliphatic rings. The Morgan fingerprint density at radius 2 is 2.00 bits per heavy atom. The molecule has 3 amide bonds. The SMILES string of the molecule is CN(Cc1ccccc1)C(=O)NCCC(=O)NCC1=CCNCC1. The highest BCUT2D eigenvalue weighted by atomic mass is 16.2. The number of urea groups is 1. The fraction of sp³-hybridized carbons (Fsp3) is 0.444. The van der Waals surface area contributed by atoms with Crippen LogP contribution in [0.3, 0.4) is 0 Å². The lowest BCUT2D eigenvalue weighted by Gasteiger charge is -2.18. The fourth-order valence-electron chi connectivity index (χ4n) is 2.48. The summed E-state index contributed by atoms with van der Waals surface area (Å²) in [6, 6.07) is 9.63. The first-order valence-corrected chi connectivity index (χ1v) is 8.33. The van der Waals surface area contributed by atoms with Crippen LogP contribution in [0.4, 0.5) is 4.79 Å². The van der Waals surface area contributed by atoms with Gasteiger partial charge in [0.15, 0.2) is 0 Å². The Morgan fingerprint density at radius 1 is 1.21 bits per heavy atom. The van der Waals surface area contributed by atoms with E-state index in [0.29, 0.717) is 19.6 Å². The highest BCUT2D eigenvalue weighted by Gasteiger charge is 2.10. The van der Waals surface area contributed by atoms with Crippen molar-refractivity contribution in [1.29, 1.82) is 0 Å². The molecule has 0 fully saturated rings. The van der Waals surface area contributed by atoms with E-state index in [9.17, 15) is 9.59 Å². The van der Waals surface area contributed by atoms with E-state index < -0.39 is 0 Å². The van der Waals surface area contributed by atoms with Crippen molar-refractivity contribution >= 4 is 11.9 Å². The molecule has 1 heterocycles. The largest absolute Gasteiger partial charge is 0.352 e. The third-order valence-electron chi connectivity index (χ3n) is 3.91. The van der Waals surface area contributed by atoms with E-state index >= 15 is 0 Å². The van der Waals surface area contributed by atoms with E-state index in [1.807, 2.05) is 30.3 Å². The van der Waals surface area contributed by atoms with Crippen molar-refractivity contribution in [3.63, 3.8) is 0 Å². The molecule has 0 saturated heterocycles. The van der Waals surface area contributed by atoms with Gasteiger partial charge in [-0.25, -0.2) is 4.79 Å². The number of rotatable bonds is 7. The third-order valence-corrected chi connectivity index (χ3v) is 3.91. The van der Waals surface area contributed by atoms with E-state index in [2.05, 4.69) is 22.0 Å². The maximum atomic E-state index is 12.0. The van der Waals surface area contributed by atoms with Crippen LogP contribution in [-0.2, 0) is 11.3 Å². The Hall–Kier alpha value is -2.34. The zero-order valence-corrected chi connectivity index (χ0v) is 14.2. The monoisotopic (exact) mass is 330 g/mol. The van der Waals surface area contributed by atoms with Gasteiger partial charge in [0.25, 0.3) is 0 Å². The predicted molar refractivity (Wildman–Crippen MR) is 94.5 cm³/mol. The normalized spacial score (nSPS) is 13.8. The highest BCUT2D eigenvalue weighted by molar-refractivity contribution is 5.78. The van der Waals surface area contributed by atoms with E-state index in [1.165, 1.54) is 5.57 Å². The van der Waals surface area contributed by atoms with Crippen molar-refractivity contribution in [3.8, 4) is 0 Å². The standard InChI is InChI=1S/C18H26N4O2/c1-22(14-16-5-3-2-4-6-16)18(24)20-12-9-17(23)21-13-15-7-10-19-11-8-15/h2-7,19H,8-14H2,1H3,(H,20,24)(H,21,23). The van der Waals surface area contributed by atoms with Crippen LogP contribution < -0.4 is 16.0 Å². The summed E-state index contributed by atoms with van der Waals surface area (Å²) >= 11 is 0. The molecule has 3 N–H and O–H groups in total. The zero-order chi connectivity index (χ0) is 17.2. The Bertz CT molecular complexity index is 572. The molecular formula is C18H26N4O2. The quantitative estimate of drug-likeness (QED) is 0.659. The minimum Gasteiger partial charge on any atom is -0.352 e. The van der Waals surface area contributed by atoms with Crippen LogP contribution in [0.2, 0.25) is 0 Å².